The lowest BCUT2D eigenvalue weighted by atomic mass is 10.0. The normalized spacial score (nSPS) is 13.1. The van der Waals surface area contributed by atoms with E-state index < -0.39 is 47.5 Å². The molecule has 0 bridgehead atoms. The Hall–Kier alpha value is -2.85. The van der Waals surface area contributed by atoms with Gasteiger partial charge in [0.25, 0.3) is 0 Å². The van der Waals surface area contributed by atoms with E-state index in [1.54, 1.807) is 34.6 Å². The van der Waals surface area contributed by atoms with Crippen LogP contribution in [0.1, 0.15) is 66.7 Å². The summed E-state index contributed by atoms with van der Waals surface area (Å²) in [6, 6.07) is -2.82. The summed E-state index contributed by atoms with van der Waals surface area (Å²) in [5.74, 6) is -2.96. The third kappa shape index (κ3) is 13.9. The number of rotatable bonds is 13. The van der Waals surface area contributed by atoms with Gasteiger partial charge in [-0.05, 0) is 46.0 Å². The summed E-state index contributed by atoms with van der Waals surface area (Å²) < 4.78 is 5.18. The molecule has 0 radical (unpaired) electrons. The molecule has 0 spiro atoms. The number of urea groups is 1. The molecule has 0 aliphatic carbocycles. The molecule has 0 aliphatic heterocycles. The van der Waals surface area contributed by atoms with Crippen molar-refractivity contribution in [1.29, 1.82) is 0 Å². The Labute approximate surface area is 182 Å². The van der Waals surface area contributed by atoms with E-state index >= 15 is 0 Å². The third-order valence-corrected chi connectivity index (χ3v) is 4.05. The van der Waals surface area contributed by atoms with Crippen LogP contribution in [0.25, 0.3) is 0 Å². The first-order chi connectivity index (χ1) is 14.2. The first kappa shape index (κ1) is 28.1. The maximum absolute atomic E-state index is 12.6. The van der Waals surface area contributed by atoms with E-state index in [4.69, 9.17) is 10.5 Å². The number of carbonyl (C=O) groups excluding carboxylic acids is 4. The molecule has 2 atom stereocenters. The molecule has 6 N–H and O–H groups in total. The van der Waals surface area contributed by atoms with E-state index in [2.05, 4.69) is 16.0 Å². The number of nitrogens with two attached hydrogens (primary N) is 1. The number of hydrogen-bond acceptors (Lipinski definition) is 6. The van der Waals surface area contributed by atoms with E-state index in [0.29, 0.717) is 6.42 Å². The zero-order valence-electron chi connectivity index (χ0n) is 18.9. The lowest BCUT2D eigenvalue weighted by Crippen LogP contribution is -2.53. The van der Waals surface area contributed by atoms with E-state index in [-0.39, 0.29) is 38.1 Å². The van der Waals surface area contributed by atoms with E-state index in [1.807, 2.05) is 0 Å². The van der Waals surface area contributed by atoms with Gasteiger partial charge in [-0.2, -0.15) is 0 Å². The average Bonchev–Trinajstić information content (AvgIpc) is 2.59. The summed E-state index contributed by atoms with van der Waals surface area (Å²) in [5, 5.41) is 16.7. The van der Waals surface area contributed by atoms with Crippen molar-refractivity contribution >= 4 is 29.8 Å². The minimum absolute atomic E-state index is 0.0247. The van der Waals surface area contributed by atoms with Crippen molar-refractivity contribution in [3.63, 3.8) is 0 Å². The molecule has 0 saturated heterocycles. The molecule has 0 fully saturated rings. The van der Waals surface area contributed by atoms with Crippen LogP contribution in [0.4, 0.5) is 4.79 Å². The largest absolute Gasteiger partial charge is 0.480 e. The SMILES string of the molecule is CC(C)C(NC(=O)CCCC(=O)OC(C)(C)C)C(=O)NC(CCCNC(N)=O)C(=O)O. The van der Waals surface area contributed by atoms with Gasteiger partial charge in [0.05, 0.1) is 0 Å². The number of esters is 1. The Bertz CT molecular complexity index is 644. The van der Waals surface area contributed by atoms with Crippen molar-refractivity contribution in [2.24, 2.45) is 11.7 Å². The van der Waals surface area contributed by atoms with Gasteiger partial charge in [-0.1, -0.05) is 13.8 Å². The molecule has 0 aromatic rings. The molecule has 11 heteroatoms. The minimum Gasteiger partial charge on any atom is -0.480 e. The Morgan fingerprint density at radius 1 is 1.00 bits per heavy atom. The van der Waals surface area contributed by atoms with Crippen molar-refractivity contribution in [3.8, 4) is 0 Å². The number of primary amides is 1. The maximum Gasteiger partial charge on any atom is 0.326 e. The van der Waals surface area contributed by atoms with Crippen LogP contribution < -0.4 is 21.7 Å². The van der Waals surface area contributed by atoms with Crippen LogP contribution in [-0.2, 0) is 23.9 Å². The number of amides is 4. The van der Waals surface area contributed by atoms with Gasteiger partial charge in [0.15, 0.2) is 0 Å². The first-order valence-electron chi connectivity index (χ1n) is 10.3. The van der Waals surface area contributed by atoms with Crippen molar-refractivity contribution < 1.29 is 33.8 Å². The fourth-order valence-corrected chi connectivity index (χ4v) is 2.60. The second kappa shape index (κ2) is 13.5. The Kier molecular flexibility index (Phi) is 12.2. The number of carboxylic acids is 1. The standard InChI is InChI=1S/C20H36N4O7/c1-12(2)16(24-14(25)9-6-10-15(26)31-20(3,4)5)17(27)23-13(18(28)29)8-7-11-22-19(21)30/h12-13,16H,6-11H2,1-5H3,(H,23,27)(H,24,25)(H,28,29)(H3,21,22,30). The molecule has 0 rings (SSSR count). The highest BCUT2D eigenvalue weighted by Gasteiger charge is 2.28. The number of nitrogens with one attached hydrogen (secondary N) is 3. The fourth-order valence-electron chi connectivity index (χ4n) is 2.60. The van der Waals surface area contributed by atoms with Crippen LogP contribution in [0.5, 0.6) is 0 Å². The van der Waals surface area contributed by atoms with Crippen LogP contribution in [0.3, 0.4) is 0 Å². The van der Waals surface area contributed by atoms with E-state index in [0.717, 1.165) is 0 Å². The van der Waals surface area contributed by atoms with Gasteiger partial charge in [0, 0.05) is 19.4 Å². The maximum atomic E-state index is 12.6. The highest BCUT2D eigenvalue weighted by Crippen LogP contribution is 2.10. The Balaban J connectivity index is 4.67. The second-order valence-electron chi connectivity index (χ2n) is 8.56. The fraction of sp³-hybridized carbons (Fsp3) is 0.750. The van der Waals surface area contributed by atoms with Gasteiger partial charge in [-0.3, -0.25) is 14.4 Å². The van der Waals surface area contributed by atoms with Crippen molar-refractivity contribution in [2.45, 2.75) is 84.4 Å². The summed E-state index contributed by atoms with van der Waals surface area (Å²) in [5.41, 5.74) is 4.34. The Morgan fingerprint density at radius 3 is 2.10 bits per heavy atom. The van der Waals surface area contributed by atoms with Gasteiger partial charge < -0.3 is 31.5 Å². The Morgan fingerprint density at radius 2 is 1.61 bits per heavy atom. The minimum atomic E-state index is -1.22. The van der Waals surface area contributed by atoms with Gasteiger partial charge in [0.1, 0.15) is 17.7 Å². The quantitative estimate of drug-likeness (QED) is 0.204. The summed E-state index contributed by atoms with van der Waals surface area (Å²) >= 11 is 0. The van der Waals surface area contributed by atoms with Crippen LogP contribution in [0.15, 0.2) is 0 Å². The van der Waals surface area contributed by atoms with Gasteiger partial charge in [-0.15, -0.1) is 0 Å². The lowest BCUT2D eigenvalue weighted by molar-refractivity contribution is -0.155. The molecular formula is C20H36N4O7. The molecular weight excluding hydrogens is 408 g/mol. The van der Waals surface area contributed by atoms with Gasteiger partial charge >= 0.3 is 18.0 Å². The summed E-state index contributed by atoms with van der Waals surface area (Å²) in [4.78, 5) is 58.6. The van der Waals surface area contributed by atoms with E-state index in [9.17, 15) is 29.1 Å². The number of ether oxygens (including phenoxy) is 1. The predicted molar refractivity (Wildman–Crippen MR) is 113 cm³/mol. The molecule has 0 aromatic carbocycles. The number of aliphatic carboxylic acids is 1. The topological polar surface area (TPSA) is 177 Å². The van der Waals surface area contributed by atoms with Crippen LogP contribution >= 0.6 is 0 Å². The third-order valence-electron chi connectivity index (χ3n) is 4.05. The highest BCUT2D eigenvalue weighted by molar-refractivity contribution is 5.90. The zero-order chi connectivity index (χ0) is 24.2. The summed E-state index contributed by atoms with van der Waals surface area (Å²) in [6.45, 7) is 8.87. The monoisotopic (exact) mass is 444 g/mol. The first-order valence-corrected chi connectivity index (χ1v) is 10.3. The molecule has 31 heavy (non-hydrogen) atoms. The molecule has 0 aromatic heterocycles. The summed E-state index contributed by atoms with van der Waals surface area (Å²) in [6.07, 6.45) is 0.734. The number of hydrogen-bond donors (Lipinski definition) is 5. The van der Waals surface area contributed by atoms with Gasteiger partial charge in [-0.25, -0.2) is 9.59 Å². The summed E-state index contributed by atoms with van der Waals surface area (Å²) in [7, 11) is 0. The van der Waals surface area contributed by atoms with Crippen molar-refractivity contribution in [1.82, 2.24) is 16.0 Å². The molecule has 2 unspecified atom stereocenters. The van der Waals surface area contributed by atoms with E-state index in [1.165, 1.54) is 0 Å². The predicted octanol–water partition coefficient (Wildman–Crippen LogP) is 0.657. The van der Waals surface area contributed by atoms with Crippen LogP contribution in [0, 0.1) is 5.92 Å². The molecule has 11 nitrogen and oxygen atoms in total. The van der Waals surface area contributed by atoms with Crippen LogP contribution in [-0.4, -0.2) is 59.1 Å². The molecule has 0 saturated carbocycles. The lowest BCUT2D eigenvalue weighted by Gasteiger charge is -2.24. The molecule has 0 heterocycles. The highest BCUT2D eigenvalue weighted by atomic mass is 16.6. The zero-order valence-corrected chi connectivity index (χ0v) is 18.9. The van der Waals surface area contributed by atoms with Crippen molar-refractivity contribution in [2.75, 3.05) is 6.54 Å². The smallest absolute Gasteiger partial charge is 0.326 e. The van der Waals surface area contributed by atoms with Gasteiger partial charge in [0.2, 0.25) is 11.8 Å². The number of carbonyl (C=O) groups is 5. The number of carboxylic acid groups (broad SMARTS) is 1. The second-order valence-corrected chi connectivity index (χ2v) is 8.56. The van der Waals surface area contributed by atoms with Crippen LogP contribution in [0.2, 0.25) is 0 Å². The molecule has 0 aliphatic rings. The average molecular weight is 445 g/mol. The van der Waals surface area contributed by atoms with Crippen molar-refractivity contribution in [3.05, 3.63) is 0 Å². The molecule has 178 valence electrons. The molecule has 4 amide bonds.